The fourth-order valence-corrected chi connectivity index (χ4v) is 3.38. The van der Waals surface area contributed by atoms with Crippen LogP contribution < -0.4 is 16.0 Å². The third-order valence-corrected chi connectivity index (χ3v) is 4.80. The molecule has 2 aromatic heterocycles. The molecular weight excluding hydrogens is 376 g/mol. The molecule has 1 amide bonds. The standard InChI is InChI=1S/C23H24N6O/c1-15-11-19-18(9-6-10-20(19)27-15)22(30)29-23-26-14-17(13-24-2)21(28-23)25-12-16-7-4-3-5-8-16/h3-11,14,24,27H,12-13H2,1-2H3,(H2,25,26,28,29,30). The van der Waals surface area contributed by atoms with E-state index >= 15 is 0 Å². The molecule has 4 N–H and O–H groups in total. The highest BCUT2D eigenvalue weighted by molar-refractivity contribution is 6.12. The molecule has 0 unspecified atom stereocenters. The predicted molar refractivity (Wildman–Crippen MR) is 120 cm³/mol. The van der Waals surface area contributed by atoms with Gasteiger partial charge in [-0.05, 0) is 37.7 Å². The largest absolute Gasteiger partial charge is 0.366 e. The second-order valence-corrected chi connectivity index (χ2v) is 7.11. The van der Waals surface area contributed by atoms with Gasteiger partial charge in [0.15, 0.2) is 0 Å². The van der Waals surface area contributed by atoms with Crippen molar-refractivity contribution < 1.29 is 4.79 Å². The predicted octanol–water partition coefficient (Wildman–Crippen LogP) is 3.85. The number of H-pyrrole nitrogens is 1. The zero-order valence-electron chi connectivity index (χ0n) is 17.0. The zero-order valence-corrected chi connectivity index (χ0v) is 17.0. The van der Waals surface area contributed by atoms with Gasteiger partial charge in [-0.25, -0.2) is 4.98 Å². The number of anilines is 2. The Morgan fingerprint density at radius 2 is 1.90 bits per heavy atom. The number of nitrogens with zero attached hydrogens (tertiary/aromatic N) is 2. The molecule has 2 aromatic carbocycles. The number of rotatable bonds is 7. The van der Waals surface area contributed by atoms with Crippen molar-refractivity contribution in [3.05, 3.63) is 83.2 Å². The number of hydrogen-bond donors (Lipinski definition) is 4. The molecule has 0 aliphatic heterocycles. The maximum Gasteiger partial charge on any atom is 0.258 e. The van der Waals surface area contributed by atoms with E-state index in [1.54, 1.807) is 12.3 Å². The van der Waals surface area contributed by atoms with Crippen LogP contribution in [-0.2, 0) is 13.1 Å². The van der Waals surface area contributed by atoms with Crippen LogP contribution >= 0.6 is 0 Å². The monoisotopic (exact) mass is 400 g/mol. The second-order valence-electron chi connectivity index (χ2n) is 7.11. The normalized spacial score (nSPS) is 10.9. The van der Waals surface area contributed by atoms with E-state index in [4.69, 9.17) is 0 Å². The number of benzene rings is 2. The molecule has 4 rings (SSSR count). The van der Waals surface area contributed by atoms with Crippen molar-refractivity contribution in [1.29, 1.82) is 0 Å². The Morgan fingerprint density at radius 3 is 2.70 bits per heavy atom. The highest BCUT2D eigenvalue weighted by atomic mass is 16.1. The van der Waals surface area contributed by atoms with Gasteiger partial charge in [-0.15, -0.1) is 0 Å². The number of amides is 1. The maximum atomic E-state index is 12.9. The molecular formula is C23H24N6O. The van der Waals surface area contributed by atoms with E-state index in [2.05, 4.69) is 30.9 Å². The van der Waals surface area contributed by atoms with Gasteiger partial charge in [-0.1, -0.05) is 36.4 Å². The minimum absolute atomic E-state index is 0.241. The topological polar surface area (TPSA) is 94.7 Å². The van der Waals surface area contributed by atoms with E-state index in [0.29, 0.717) is 24.5 Å². The van der Waals surface area contributed by atoms with Gasteiger partial charge in [0.05, 0.1) is 0 Å². The summed E-state index contributed by atoms with van der Waals surface area (Å²) >= 11 is 0. The molecule has 2 heterocycles. The number of carbonyl (C=O) groups is 1. The molecule has 0 aliphatic carbocycles. The molecule has 152 valence electrons. The van der Waals surface area contributed by atoms with E-state index in [0.717, 1.165) is 27.7 Å². The van der Waals surface area contributed by atoms with Crippen LogP contribution in [0.15, 0.2) is 60.8 Å². The van der Waals surface area contributed by atoms with Gasteiger partial charge in [0.1, 0.15) is 5.82 Å². The van der Waals surface area contributed by atoms with Gasteiger partial charge in [0, 0.05) is 47.0 Å². The molecule has 7 heteroatoms. The lowest BCUT2D eigenvalue weighted by Crippen LogP contribution is -2.17. The van der Waals surface area contributed by atoms with Crippen molar-refractivity contribution >= 4 is 28.6 Å². The second kappa shape index (κ2) is 8.75. The molecule has 0 spiro atoms. The summed E-state index contributed by atoms with van der Waals surface area (Å²) in [5.74, 6) is 0.712. The quantitative estimate of drug-likeness (QED) is 0.378. The summed E-state index contributed by atoms with van der Waals surface area (Å²) in [7, 11) is 1.87. The number of carbonyl (C=O) groups excluding carboxylic acids is 1. The Balaban J connectivity index is 1.56. The van der Waals surface area contributed by atoms with Crippen molar-refractivity contribution in [2.24, 2.45) is 0 Å². The lowest BCUT2D eigenvalue weighted by Gasteiger charge is -2.13. The van der Waals surface area contributed by atoms with Crippen LogP contribution in [0.1, 0.15) is 27.2 Å². The summed E-state index contributed by atoms with van der Waals surface area (Å²) < 4.78 is 0. The number of nitrogens with one attached hydrogen (secondary N) is 4. The van der Waals surface area contributed by atoms with Crippen LogP contribution in [-0.4, -0.2) is 27.9 Å². The van der Waals surface area contributed by atoms with Crippen molar-refractivity contribution in [1.82, 2.24) is 20.3 Å². The van der Waals surface area contributed by atoms with E-state index in [9.17, 15) is 4.79 Å². The average Bonchev–Trinajstić information content (AvgIpc) is 3.14. The molecule has 30 heavy (non-hydrogen) atoms. The van der Waals surface area contributed by atoms with E-state index < -0.39 is 0 Å². The Morgan fingerprint density at radius 1 is 1.07 bits per heavy atom. The maximum absolute atomic E-state index is 12.9. The number of hydrogen-bond acceptors (Lipinski definition) is 5. The third kappa shape index (κ3) is 4.31. The zero-order chi connectivity index (χ0) is 20.9. The summed E-state index contributed by atoms with van der Waals surface area (Å²) in [4.78, 5) is 25.0. The van der Waals surface area contributed by atoms with Gasteiger partial charge in [-0.2, -0.15) is 4.98 Å². The summed E-state index contributed by atoms with van der Waals surface area (Å²) in [6, 6.07) is 17.7. The summed E-state index contributed by atoms with van der Waals surface area (Å²) in [5, 5.41) is 10.2. The lowest BCUT2D eigenvalue weighted by molar-refractivity contribution is 0.102. The number of aromatic amines is 1. The van der Waals surface area contributed by atoms with Crippen LogP contribution in [0.5, 0.6) is 0 Å². The third-order valence-electron chi connectivity index (χ3n) is 4.80. The van der Waals surface area contributed by atoms with Crippen molar-refractivity contribution in [2.45, 2.75) is 20.0 Å². The summed E-state index contributed by atoms with van der Waals surface area (Å²) in [5.41, 5.74) is 4.58. The molecule has 0 atom stereocenters. The fourth-order valence-electron chi connectivity index (χ4n) is 3.38. The smallest absolute Gasteiger partial charge is 0.258 e. The van der Waals surface area contributed by atoms with Crippen LogP contribution in [0, 0.1) is 6.92 Å². The van der Waals surface area contributed by atoms with Gasteiger partial charge >= 0.3 is 0 Å². The van der Waals surface area contributed by atoms with Crippen molar-refractivity contribution in [3.63, 3.8) is 0 Å². The van der Waals surface area contributed by atoms with Crippen molar-refractivity contribution in [3.8, 4) is 0 Å². The Hall–Kier alpha value is -3.71. The van der Waals surface area contributed by atoms with E-state index in [1.165, 1.54) is 0 Å². The highest BCUT2D eigenvalue weighted by Gasteiger charge is 2.14. The first-order valence-electron chi connectivity index (χ1n) is 9.82. The molecule has 4 aromatic rings. The molecule has 7 nitrogen and oxygen atoms in total. The lowest BCUT2D eigenvalue weighted by atomic mass is 10.1. The van der Waals surface area contributed by atoms with Crippen LogP contribution in [0.4, 0.5) is 11.8 Å². The average molecular weight is 400 g/mol. The van der Waals surface area contributed by atoms with Gasteiger partial charge in [-0.3, -0.25) is 10.1 Å². The molecule has 0 saturated heterocycles. The highest BCUT2D eigenvalue weighted by Crippen LogP contribution is 2.21. The first kappa shape index (κ1) is 19.6. The fraction of sp³-hybridized carbons (Fsp3) is 0.174. The molecule has 0 fully saturated rings. The molecule has 0 saturated carbocycles. The van der Waals surface area contributed by atoms with Gasteiger partial charge < -0.3 is 15.6 Å². The first-order chi connectivity index (χ1) is 14.6. The van der Waals surface area contributed by atoms with Crippen molar-refractivity contribution in [2.75, 3.05) is 17.7 Å². The minimum Gasteiger partial charge on any atom is -0.366 e. The molecule has 0 bridgehead atoms. The van der Waals surface area contributed by atoms with E-state index in [1.807, 2.05) is 62.5 Å². The van der Waals surface area contributed by atoms with Gasteiger partial charge in [0.2, 0.25) is 5.95 Å². The first-order valence-corrected chi connectivity index (χ1v) is 9.82. The van der Waals surface area contributed by atoms with Gasteiger partial charge in [0.25, 0.3) is 5.91 Å². The summed E-state index contributed by atoms with van der Waals surface area (Å²) in [6.45, 7) is 3.22. The van der Waals surface area contributed by atoms with Crippen LogP contribution in [0.2, 0.25) is 0 Å². The van der Waals surface area contributed by atoms with Crippen LogP contribution in [0.3, 0.4) is 0 Å². The Kier molecular flexibility index (Phi) is 5.72. The summed E-state index contributed by atoms with van der Waals surface area (Å²) in [6.07, 6.45) is 1.73. The number of aromatic nitrogens is 3. The Bertz CT molecular complexity index is 1170. The Labute approximate surface area is 175 Å². The minimum atomic E-state index is -0.241. The number of aryl methyl sites for hydroxylation is 1. The SMILES string of the molecule is CNCc1cnc(NC(=O)c2cccc3[nH]c(C)cc23)nc1NCc1ccccc1. The van der Waals surface area contributed by atoms with E-state index in [-0.39, 0.29) is 11.9 Å². The number of fused-ring (bicyclic) bond motifs is 1. The molecule has 0 aliphatic rings. The molecule has 0 radical (unpaired) electrons. The van der Waals surface area contributed by atoms with Crippen LogP contribution in [0.25, 0.3) is 10.9 Å².